The molecule has 1 amide bonds. The lowest BCUT2D eigenvalue weighted by molar-refractivity contribution is -0.139. The fourth-order valence-electron chi connectivity index (χ4n) is 3.19. The Balaban J connectivity index is 2.06. The van der Waals surface area contributed by atoms with E-state index in [1.54, 1.807) is 0 Å². The van der Waals surface area contributed by atoms with E-state index in [9.17, 15) is 9.59 Å². The van der Waals surface area contributed by atoms with Gasteiger partial charge < -0.3 is 10.4 Å². The number of amides is 1. The Morgan fingerprint density at radius 2 is 1.90 bits per heavy atom. The number of carboxylic acid groups (broad SMARTS) is 1. The van der Waals surface area contributed by atoms with Crippen LogP contribution in [0.1, 0.15) is 48.8 Å². The Morgan fingerprint density at radius 3 is 2.52 bits per heavy atom. The molecule has 1 aromatic rings. The van der Waals surface area contributed by atoms with Crippen molar-refractivity contribution in [3.05, 3.63) is 34.9 Å². The van der Waals surface area contributed by atoms with E-state index in [0.717, 1.165) is 42.4 Å². The lowest BCUT2D eigenvalue weighted by Crippen LogP contribution is -2.48. The minimum Gasteiger partial charge on any atom is -0.481 e. The van der Waals surface area contributed by atoms with Crippen LogP contribution in [0.3, 0.4) is 0 Å². The van der Waals surface area contributed by atoms with E-state index in [1.165, 1.54) is 0 Å². The molecule has 4 nitrogen and oxygen atoms in total. The molecule has 2 rings (SSSR count). The quantitative estimate of drug-likeness (QED) is 0.876. The van der Waals surface area contributed by atoms with Gasteiger partial charge in [-0.1, -0.05) is 36.6 Å². The second kappa shape index (κ2) is 6.29. The van der Waals surface area contributed by atoms with Crippen molar-refractivity contribution in [3.8, 4) is 0 Å². The summed E-state index contributed by atoms with van der Waals surface area (Å²) >= 11 is 0. The third-order valence-corrected chi connectivity index (χ3v) is 4.31. The maximum Gasteiger partial charge on any atom is 0.305 e. The number of rotatable bonds is 5. The van der Waals surface area contributed by atoms with Gasteiger partial charge in [-0.2, -0.15) is 0 Å². The second-order valence-electron chi connectivity index (χ2n) is 6.21. The molecule has 0 heterocycles. The monoisotopic (exact) mass is 289 g/mol. The lowest BCUT2D eigenvalue weighted by atomic mass is 9.92. The molecule has 0 bridgehead atoms. The first-order valence-corrected chi connectivity index (χ1v) is 7.49. The predicted octanol–water partition coefficient (Wildman–Crippen LogP) is 2.75. The summed E-state index contributed by atoms with van der Waals surface area (Å²) in [5, 5.41) is 12.1. The lowest BCUT2D eigenvalue weighted by Gasteiger charge is -2.28. The van der Waals surface area contributed by atoms with E-state index in [0.29, 0.717) is 6.42 Å². The van der Waals surface area contributed by atoms with Crippen LogP contribution in [0.2, 0.25) is 0 Å². The molecule has 1 aromatic carbocycles. The Bertz CT molecular complexity index is 545. The number of aryl methyl sites for hydroxylation is 2. The molecule has 114 valence electrons. The van der Waals surface area contributed by atoms with E-state index >= 15 is 0 Å². The summed E-state index contributed by atoms with van der Waals surface area (Å²) in [5.41, 5.74) is 2.69. The van der Waals surface area contributed by atoms with Crippen molar-refractivity contribution in [2.24, 2.45) is 0 Å². The molecule has 1 fully saturated rings. The van der Waals surface area contributed by atoms with Crippen molar-refractivity contribution in [3.63, 3.8) is 0 Å². The summed E-state index contributed by atoms with van der Waals surface area (Å²) in [6.07, 6.45) is 3.82. The fraction of sp³-hybridized carbons (Fsp3) is 0.529. The van der Waals surface area contributed by atoms with Crippen LogP contribution < -0.4 is 5.32 Å². The number of hydrogen-bond donors (Lipinski definition) is 2. The number of benzene rings is 1. The highest BCUT2D eigenvalue weighted by Gasteiger charge is 2.37. The molecular weight excluding hydrogens is 266 g/mol. The number of nitrogens with one attached hydrogen (secondary N) is 1. The van der Waals surface area contributed by atoms with Gasteiger partial charge in [0.15, 0.2) is 0 Å². The normalized spacial score (nSPS) is 16.7. The number of carbonyl (C=O) groups excluding carboxylic acids is 1. The van der Waals surface area contributed by atoms with E-state index < -0.39 is 11.5 Å². The molecular formula is C17H23NO3. The van der Waals surface area contributed by atoms with Crippen molar-refractivity contribution < 1.29 is 14.7 Å². The van der Waals surface area contributed by atoms with Crippen LogP contribution >= 0.6 is 0 Å². The number of carbonyl (C=O) groups is 2. The molecule has 0 radical (unpaired) electrons. The van der Waals surface area contributed by atoms with Gasteiger partial charge in [0.1, 0.15) is 0 Å². The van der Waals surface area contributed by atoms with Crippen molar-refractivity contribution in [2.45, 2.75) is 57.9 Å². The van der Waals surface area contributed by atoms with Crippen LogP contribution in [0.5, 0.6) is 0 Å². The van der Waals surface area contributed by atoms with Gasteiger partial charge in [-0.15, -0.1) is 0 Å². The molecule has 1 aliphatic carbocycles. The third-order valence-electron chi connectivity index (χ3n) is 4.31. The minimum absolute atomic E-state index is 0.0194. The van der Waals surface area contributed by atoms with Gasteiger partial charge >= 0.3 is 5.97 Å². The van der Waals surface area contributed by atoms with Crippen LogP contribution in [0, 0.1) is 13.8 Å². The average molecular weight is 289 g/mol. The van der Waals surface area contributed by atoms with Gasteiger partial charge in [0, 0.05) is 0 Å². The van der Waals surface area contributed by atoms with E-state index in [2.05, 4.69) is 5.32 Å². The van der Waals surface area contributed by atoms with Crippen molar-refractivity contribution >= 4 is 11.9 Å². The van der Waals surface area contributed by atoms with E-state index in [-0.39, 0.29) is 12.3 Å². The maximum absolute atomic E-state index is 12.3. The molecule has 2 N–H and O–H groups in total. The predicted molar refractivity (Wildman–Crippen MR) is 81.2 cm³/mol. The third kappa shape index (κ3) is 4.06. The molecule has 1 aliphatic rings. The summed E-state index contributed by atoms with van der Waals surface area (Å²) in [5.74, 6) is -0.921. The summed E-state index contributed by atoms with van der Waals surface area (Å²) in [7, 11) is 0. The first-order valence-electron chi connectivity index (χ1n) is 7.49. The van der Waals surface area contributed by atoms with E-state index in [4.69, 9.17) is 5.11 Å². The van der Waals surface area contributed by atoms with Crippen LogP contribution in [0.4, 0.5) is 0 Å². The Labute approximate surface area is 125 Å². The number of aliphatic carboxylic acids is 1. The fourth-order valence-corrected chi connectivity index (χ4v) is 3.19. The highest BCUT2D eigenvalue weighted by molar-refractivity contribution is 5.81. The second-order valence-corrected chi connectivity index (χ2v) is 6.21. The molecule has 1 saturated carbocycles. The standard InChI is InChI=1S/C17H23NO3/c1-12-5-6-13(2)14(9-12)10-15(19)18-17(11-16(20)21)7-3-4-8-17/h5-6,9H,3-4,7-8,10-11H2,1-2H3,(H,18,19)(H,20,21). The number of carboxylic acids is 1. The molecule has 0 saturated heterocycles. The topological polar surface area (TPSA) is 66.4 Å². The SMILES string of the molecule is Cc1ccc(C)c(CC(=O)NC2(CC(=O)O)CCCC2)c1. The molecule has 21 heavy (non-hydrogen) atoms. The van der Waals surface area contributed by atoms with E-state index in [1.807, 2.05) is 32.0 Å². The highest BCUT2D eigenvalue weighted by atomic mass is 16.4. The average Bonchev–Trinajstić information content (AvgIpc) is 2.80. The van der Waals surface area contributed by atoms with Gasteiger partial charge in [-0.25, -0.2) is 0 Å². The zero-order valence-corrected chi connectivity index (χ0v) is 12.7. The Morgan fingerprint density at radius 1 is 1.24 bits per heavy atom. The zero-order chi connectivity index (χ0) is 15.5. The summed E-state index contributed by atoms with van der Waals surface area (Å²) < 4.78 is 0. The molecule has 0 aromatic heterocycles. The van der Waals surface area contributed by atoms with Crippen LogP contribution in [0.15, 0.2) is 18.2 Å². The maximum atomic E-state index is 12.3. The first-order chi connectivity index (χ1) is 9.90. The van der Waals surface area contributed by atoms with Gasteiger partial charge in [0.25, 0.3) is 0 Å². The van der Waals surface area contributed by atoms with Gasteiger partial charge in [-0.05, 0) is 37.8 Å². The molecule has 0 spiro atoms. The van der Waals surface area contributed by atoms with Crippen LogP contribution in [-0.2, 0) is 16.0 Å². The molecule has 0 unspecified atom stereocenters. The largest absolute Gasteiger partial charge is 0.481 e. The number of hydrogen-bond acceptors (Lipinski definition) is 2. The molecule has 0 atom stereocenters. The van der Waals surface area contributed by atoms with Gasteiger partial charge in [0.2, 0.25) is 5.91 Å². The highest BCUT2D eigenvalue weighted by Crippen LogP contribution is 2.32. The van der Waals surface area contributed by atoms with Gasteiger partial charge in [-0.3, -0.25) is 9.59 Å². The van der Waals surface area contributed by atoms with Crippen molar-refractivity contribution in [1.82, 2.24) is 5.32 Å². The van der Waals surface area contributed by atoms with Crippen molar-refractivity contribution in [2.75, 3.05) is 0 Å². The zero-order valence-electron chi connectivity index (χ0n) is 12.7. The summed E-state index contributed by atoms with van der Waals surface area (Å²) in [6, 6.07) is 6.06. The Hall–Kier alpha value is -1.84. The van der Waals surface area contributed by atoms with Crippen molar-refractivity contribution in [1.29, 1.82) is 0 Å². The van der Waals surface area contributed by atoms with Crippen LogP contribution in [0.25, 0.3) is 0 Å². The summed E-state index contributed by atoms with van der Waals surface area (Å²) in [4.78, 5) is 23.4. The smallest absolute Gasteiger partial charge is 0.305 e. The first kappa shape index (κ1) is 15.5. The Kier molecular flexibility index (Phi) is 4.66. The molecule has 0 aliphatic heterocycles. The summed E-state index contributed by atoms with van der Waals surface area (Å²) in [6.45, 7) is 3.99. The molecule has 4 heteroatoms. The van der Waals surface area contributed by atoms with Gasteiger partial charge in [0.05, 0.1) is 18.4 Å². The minimum atomic E-state index is -0.844. The van der Waals surface area contributed by atoms with Crippen LogP contribution in [-0.4, -0.2) is 22.5 Å².